The van der Waals surface area contributed by atoms with Crippen LogP contribution in [0, 0.1) is 5.92 Å². The minimum absolute atomic E-state index is 0.0572. The van der Waals surface area contributed by atoms with E-state index in [1.807, 2.05) is 31.2 Å². The molecule has 5 nitrogen and oxygen atoms in total. The van der Waals surface area contributed by atoms with Gasteiger partial charge in [-0.3, -0.25) is 9.59 Å². The number of carbonyl (C=O) groups is 2. The second-order valence-electron chi connectivity index (χ2n) is 7.11. The Morgan fingerprint density at radius 2 is 1.26 bits per heavy atom. The van der Waals surface area contributed by atoms with Gasteiger partial charge < -0.3 is 15.4 Å². The molecular weight excluding hydrogens is 340 g/mol. The van der Waals surface area contributed by atoms with Crippen molar-refractivity contribution in [2.24, 2.45) is 5.92 Å². The minimum Gasteiger partial charge on any atom is -0.497 e. The number of hydrogen-bond donors (Lipinski definition) is 2. The molecule has 5 heteroatoms. The maximum absolute atomic E-state index is 12.2. The SMILES string of the molecule is COc1ccc(NC(=O)C[C@H](C)CC(=O)Nc2ccc(C(C)C)cc2)cc1. The summed E-state index contributed by atoms with van der Waals surface area (Å²) >= 11 is 0. The Balaban J connectivity index is 1.78. The molecule has 0 radical (unpaired) electrons. The van der Waals surface area contributed by atoms with Crippen molar-refractivity contribution in [1.29, 1.82) is 0 Å². The predicted octanol–water partition coefficient (Wildman–Crippen LogP) is 4.81. The van der Waals surface area contributed by atoms with Crippen LogP contribution < -0.4 is 15.4 Å². The summed E-state index contributed by atoms with van der Waals surface area (Å²) in [5, 5.41) is 5.73. The highest BCUT2D eigenvalue weighted by molar-refractivity contribution is 5.93. The van der Waals surface area contributed by atoms with Gasteiger partial charge in [0.05, 0.1) is 7.11 Å². The zero-order chi connectivity index (χ0) is 19.8. The van der Waals surface area contributed by atoms with Crippen LogP contribution in [-0.2, 0) is 9.59 Å². The number of nitrogens with one attached hydrogen (secondary N) is 2. The van der Waals surface area contributed by atoms with Crippen molar-refractivity contribution in [3.63, 3.8) is 0 Å². The molecule has 0 aliphatic heterocycles. The maximum Gasteiger partial charge on any atom is 0.224 e. The van der Waals surface area contributed by atoms with Crippen molar-refractivity contribution in [2.45, 2.75) is 39.5 Å². The molecule has 0 bridgehead atoms. The van der Waals surface area contributed by atoms with Crippen molar-refractivity contribution in [3.05, 3.63) is 54.1 Å². The number of rotatable bonds is 8. The summed E-state index contributed by atoms with van der Waals surface area (Å²) in [7, 11) is 1.60. The average molecular weight is 368 g/mol. The molecule has 0 fully saturated rings. The second-order valence-corrected chi connectivity index (χ2v) is 7.11. The lowest BCUT2D eigenvalue weighted by atomic mass is 10.0. The first-order chi connectivity index (χ1) is 12.9. The van der Waals surface area contributed by atoms with Gasteiger partial charge in [0.25, 0.3) is 0 Å². The summed E-state index contributed by atoms with van der Waals surface area (Å²) in [5.74, 6) is 0.940. The summed E-state index contributed by atoms with van der Waals surface area (Å²) in [6.07, 6.45) is 0.577. The van der Waals surface area contributed by atoms with Crippen LogP contribution in [0.25, 0.3) is 0 Å². The quantitative estimate of drug-likeness (QED) is 0.702. The Labute approximate surface area is 161 Å². The molecule has 0 aromatic heterocycles. The van der Waals surface area contributed by atoms with E-state index in [1.165, 1.54) is 5.56 Å². The van der Waals surface area contributed by atoms with Gasteiger partial charge in [-0.1, -0.05) is 32.9 Å². The van der Waals surface area contributed by atoms with Gasteiger partial charge in [0.1, 0.15) is 5.75 Å². The normalized spacial score (nSPS) is 11.7. The van der Waals surface area contributed by atoms with E-state index < -0.39 is 0 Å². The van der Waals surface area contributed by atoms with E-state index in [1.54, 1.807) is 31.4 Å². The van der Waals surface area contributed by atoms with E-state index in [0.29, 0.717) is 18.0 Å². The molecule has 0 saturated carbocycles. The minimum atomic E-state index is -0.109. The lowest BCUT2D eigenvalue weighted by Gasteiger charge is -2.13. The van der Waals surface area contributed by atoms with Gasteiger partial charge in [-0.25, -0.2) is 0 Å². The summed E-state index contributed by atoms with van der Waals surface area (Å²) < 4.78 is 5.09. The zero-order valence-corrected chi connectivity index (χ0v) is 16.4. The molecular formula is C22H28N2O3. The Morgan fingerprint density at radius 1 is 0.815 bits per heavy atom. The van der Waals surface area contributed by atoms with Crippen molar-refractivity contribution in [3.8, 4) is 5.75 Å². The molecule has 0 saturated heterocycles. The predicted molar refractivity (Wildman–Crippen MR) is 109 cm³/mol. The zero-order valence-electron chi connectivity index (χ0n) is 16.4. The Morgan fingerprint density at radius 3 is 1.67 bits per heavy atom. The number of amides is 2. The standard InChI is InChI=1S/C22H28N2O3/c1-15(2)17-5-7-18(8-6-17)23-21(25)13-16(3)14-22(26)24-19-9-11-20(27-4)12-10-19/h5-12,15-16H,13-14H2,1-4H3,(H,23,25)(H,24,26)/t16-/m1/s1. The van der Waals surface area contributed by atoms with Crippen molar-refractivity contribution >= 4 is 23.2 Å². The van der Waals surface area contributed by atoms with E-state index in [0.717, 1.165) is 11.4 Å². The van der Waals surface area contributed by atoms with Gasteiger partial charge in [0.15, 0.2) is 0 Å². The smallest absolute Gasteiger partial charge is 0.224 e. The Hall–Kier alpha value is -2.82. The van der Waals surface area contributed by atoms with Gasteiger partial charge in [0.2, 0.25) is 11.8 Å². The first kappa shape index (κ1) is 20.5. The molecule has 2 rings (SSSR count). The average Bonchev–Trinajstić information content (AvgIpc) is 2.62. The van der Waals surface area contributed by atoms with E-state index >= 15 is 0 Å². The molecule has 1 atom stereocenters. The van der Waals surface area contributed by atoms with E-state index in [4.69, 9.17) is 4.74 Å². The fourth-order valence-electron chi connectivity index (χ4n) is 2.75. The number of hydrogen-bond acceptors (Lipinski definition) is 3. The van der Waals surface area contributed by atoms with Crippen LogP contribution in [0.2, 0.25) is 0 Å². The molecule has 2 aromatic carbocycles. The highest BCUT2D eigenvalue weighted by Crippen LogP contribution is 2.19. The largest absolute Gasteiger partial charge is 0.497 e. The third kappa shape index (κ3) is 6.77. The molecule has 0 heterocycles. The van der Waals surface area contributed by atoms with Crippen LogP contribution in [0.1, 0.15) is 45.1 Å². The third-order valence-corrected chi connectivity index (χ3v) is 4.30. The van der Waals surface area contributed by atoms with Crippen LogP contribution in [-0.4, -0.2) is 18.9 Å². The molecule has 144 valence electrons. The van der Waals surface area contributed by atoms with Crippen molar-refractivity contribution in [1.82, 2.24) is 0 Å². The van der Waals surface area contributed by atoms with Gasteiger partial charge >= 0.3 is 0 Å². The van der Waals surface area contributed by atoms with E-state index in [2.05, 4.69) is 24.5 Å². The summed E-state index contributed by atoms with van der Waals surface area (Å²) in [6, 6.07) is 15.0. The van der Waals surface area contributed by atoms with Crippen LogP contribution in [0.3, 0.4) is 0 Å². The van der Waals surface area contributed by atoms with Crippen LogP contribution in [0.15, 0.2) is 48.5 Å². The molecule has 0 aliphatic carbocycles. The monoisotopic (exact) mass is 368 g/mol. The van der Waals surface area contributed by atoms with Crippen molar-refractivity contribution in [2.75, 3.05) is 17.7 Å². The molecule has 2 amide bonds. The summed E-state index contributed by atoms with van der Waals surface area (Å²) in [4.78, 5) is 24.3. The van der Waals surface area contributed by atoms with Crippen LogP contribution >= 0.6 is 0 Å². The highest BCUT2D eigenvalue weighted by atomic mass is 16.5. The van der Waals surface area contributed by atoms with E-state index in [-0.39, 0.29) is 24.2 Å². The highest BCUT2D eigenvalue weighted by Gasteiger charge is 2.14. The molecule has 0 spiro atoms. The van der Waals surface area contributed by atoms with Gasteiger partial charge in [-0.15, -0.1) is 0 Å². The topological polar surface area (TPSA) is 67.4 Å². The fraction of sp³-hybridized carbons (Fsp3) is 0.364. The number of anilines is 2. The number of methoxy groups -OCH3 is 1. The number of carbonyl (C=O) groups excluding carboxylic acids is 2. The van der Waals surface area contributed by atoms with Gasteiger partial charge in [-0.2, -0.15) is 0 Å². The molecule has 27 heavy (non-hydrogen) atoms. The second kappa shape index (κ2) is 9.76. The van der Waals surface area contributed by atoms with Gasteiger partial charge in [-0.05, 0) is 53.8 Å². The van der Waals surface area contributed by atoms with E-state index in [9.17, 15) is 9.59 Å². The molecule has 2 aromatic rings. The van der Waals surface area contributed by atoms with Crippen LogP contribution in [0.4, 0.5) is 11.4 Å². The first-order valence-corrected chi connectivity index (χ1v) is 9.21. The summed E-state index contributed by atoms with van der Waals surface area (Å²) in [6.45, 7) is 6.16. The fourth-order valence-corrected chi connectivity index (χ4v) is 2.75. The molecule has 2 N–H and O–H groups in total. The summed E-state index contributed by atoms with van der Waals surface area (Å²) in [5.41, 5.74) is 2.72. The number of benzene rings is 2. The molecule has 0 aliphatic rings. The first-order valence-electron chi connectivity index (χ1n) is 9.21. The Kier molecular flexibility index (Phi) is 7.41. The molecule has 0 unspecified atom stereocenters. The number of ether oxygens (including phenoxy) is 1. The van der Waals surface area contributed by atoms with Gasteiger partial charge in [0, 0.05) is 24.2 Å². The van der Waals surface area contributed by atoms with Crippen LogP contribution in [0.5, 0.6) is 5.75 Å². The lowest BCUT2D eigenvalue weighted by Crippen LogP contribution is -2.20. The third-order valence-electron chi connectivity index (χ3n) is 4.30. The maximum atomic E-state index is 12.2. The lowest BCUT2D eigenvalue weighted by molar-refractivity contribution is -0.118. The Bertz CT molecular complexity index is 752. The van der Waals surface area contributed by atoms with Crippen molar-refractivity contribution < 1.29 is 14.3 Å².